The van der Waals surface area contributed by atoms with Crippen LogP contribution in [0.25, 0.3) is 21.3 Å². The summed E-state index contributed by atoms with van der Waals surface area (Å²) in [4.78, 5) is 29.8. The predicted octanol–water partition coefficient (Wildman–Crippen LogP) is 4.43. The standard InChI is InChI=1S/C18H17BrN2O2S/c1-3-15-20-17-16(18(23)21(15)9-8-11(2)22)14(10-24-17)12-4-6-13(19)7-5-12/h4-7,10H,3,8-9H2,1-2H3. The molecule has 0 saturated heterocycles. The van der Waals surface area contributed by atoms with Crippen molar-refractivity contribution >= 4 is 43.3 Å². The second-order valence-electron chi connectivity index (χ2n) is 5.63. The van der Waals surface area contributed by atoms with Crippen LogP contribution >= 0.6 is 27.3 Å². The molecule has 3 aromatic rings. The van der Waals surface area contributed by atoms with Crippen molar-refractivity contribution in [2.75, 3.05) is 0 Å². The molecule has 0 aliphatic carbocycles. The van der Waals surface area contributed by atoms with Crippen LogP contribution in [-0.4, -0.2) is 15.3 Å². The molecule has 0 radical (unpaired) electrons. The minimum Gasteiger partial charge on any atom is -0.300 e. The lowest BCUT2D eigenvalue weighted by molar-refractivity contribution is -0.117. The number of nitrogens with zero attached hydrogens (tertiary/aromatic N) is 2. The molecule has 24 heavy (non-hydrogen) atoms. The number of benzene rings is 1. The fourth-order valence-corrected chi connectivity index (χ4v) is 3.90. The van der Waals surface area contributed by atoms with Crippen LogP contribution in [0, 0.1) is 0 Å². The highest BCUT2D eigenvalue weighted by molar-refractivity contribution is 9.10. The number of aryl methyl sites for hydroxylation is 1. The molecule has 0 unspecified atom stereocenters. The van der Waals surface area contributed by atoms with E-state index in [2.05, 4.69) is 20.9 Å². The smallest absolute Gasteiger partial charge is 0.262 e. The van der Waals surface area contributed by atoms with Gasteiger partial charge in [-0.15, -0.1) is 11.3 Å². The molecular weight excluding hydrogens is 388 g/mol. The summed E-state index contributed by atoms with van der Waals surface area (Å²) in [6.07, 6.45) is 1.01. The first kappa shape index (κ1) is 17.0. The quantitative estimate of drug-likeness (QED) is 0.631. The van der Waals surface area contributed by atoms with Crippen LogP contribution in [0.3, 0.4) is 0 Å². The minimum absolute atomic E-state index is 0.0581. The third kappa shape index (κ3) is 3.21. The van der Waals surface area contributed by atoms with Crippen LogP contribution in [-0.2, 0) is 17.8 Å². The third-order valence-electron chi connectivity index (χ3n) is 3.93. The van der Waals surface area contributed by atoms with Crippen LogP contribution in [0.4, 0.5) is 0 Å². The monoisotopic (exact) mass is 404 g/mol. The highest BCUT2D eigenvalue weighted by Gasteiger charge is 2.16. The molecule has 1 aromatic carbocycles. The number of aromatic nitrogens is 2. The van der Waals surface area contributed by atoms with E-state index in [0.29, 0.717) is 24.8 Å². The third-order valence-corrected chi connectivity index (χ3v) is 5.33. The molecule has 2 aromatic heterocycles. The van der Waals surface area contributed by atoms with Gasteiger partial charge >= 0.3 is 0 Å². The number of Topliss-reactive ketones (excluding diaryl/α,β-unsaturated/α-hetero) is 1. The van der Waals surface area contributed by atoms with Crippen molar-refractivity contribution in [2.24, 2.45) is 0 Å². The van der Waals surface area contributed by atoms with Gasteiger partial charge in [-0.05, 0) is 24.6 Å². The van der Waals surface area contributed by atoms with E-state index in [1.165, 1.54) is 11.3 Å². The lowest BCUT2D eigenvalue weighted by Crippen LogP contribution is -2.25. The Bertz CT molecular complexity index is 958. The van der Waals surface area contributed by atoms with Gasteiger partial charge < -0.3 is 0 Å². The molecule has 0 aliphatic rings. The summed E-state index contributed by atoms with van der Waals surface area (Å²) < 4.78 is 2.65. The molecule has 2 heterocycles. The summed E-state index contributed by atoms with van der Waals surface area (Å²) >= 11 is 4.92. The van der Waals surface area contributed by atoms with Gasteiger partial charge in [0.25, 0.3) is 5.56 Å². The van der Waals surface area contributed by atoms with Crippen molar-refractivity contribution in [2.45, 2.75) is 33.2 Å². The van der Waals surface area contributed by atoms with Crippen molar-refractivity contribution in [1.82, 2.24) is 9.55 Å². The molecule has 3 rings (SSSR count). The molecule has 0 amide bonds. The molecular formula is C18H17BrN2O2S. The highest BCUT2D eigenvalue weighted by atomic mass is 79.9. The number of carbonyl (C=O) groups excluding carboxylic acids is 1. The average Bonchev–Trinajstić information content (AvgIpc) is 2.98. The van der Waals surface area contributed by atoms with E-state index in [1.807, 2.05) is 36.6 Å². The van der Waals surface area contributed by atoms with Gasteiger partial charge in [0.1, 0.15) is 16.4 Å². The van der Waals surface area contributed by atoms with E-state index in [9.17, 15) is 9.59 Å². The van der Waals surface area contributed by atoms with Crippen LogP contribution in [0.5, 0.6) is 0 Å². The first-order valence-corrected chi connectivity index (χ1v) is 9.44. The van der Waals surface area contributed by atoms with Gasteiger partial charge in [0, 0.05) is 34.8 Å². The molecule has 0 atom stereocenters. The van der Waals surface area contributed by atoms with E-state index < -0.39 is 0 Å². The fraction of sp³-hybridized carbons (Fsp3) is 0.278. The number of halogens is 1. The van der Waals surface area contributed by atoms with E-state index >= 15 is 0 Å². The zero-order valence-corrected chi connectivity index (χ0v) is 15.9. The normalized spacial score (nSPS) is 11.1. The number of thiophene rings is 1. The van der Waals surface area contributed by atoms with Gasteiger partial charge in [-0.2, -0.15) is 0 Å². The molecule has 6 heteroatoms. The minimum atomic E-state index is -0.0581. The Morgan fingerprint density at radius 3 is 2.62 bits per heavy atom. The summed E-state index contributed by atoms with van der Waals surface area (Å²) in [5, 5.41) is 2.62. The molecule has 0 saturated carbocycles. The maximum atomic E-state index is 13.1. The largest absolute Gasteiger partial charge is 0.300 e. The summed E-state index contributed by atoms with van der Waals surface area (Å²) in [7, 11) is 0. The number of ketones is 1. The van der Waals surface area contributed by atoms with Crippen LogP contribution in [0.2, 0.25) is 0 Å². The first-order valence-electron chi connectivity index (χ1n) is 7.77. The van der Waals surface area contributed by atoms with Gasteiger partial charge in [0.05, 0.1) is 5.39 Å². The molecule has 124 valence electrons. The molecule has 0 N–H and O–H groups in total. The van der Waals surface area contributed by atoms with Crippen LogP contribution in [0.1, 0.15) is 26.1 Å². The molecule has 0 spiro atoms. The highest BCUT2D eigenvalue weighted by Crippen LogP contribution is 2.31. The number of rotatable bonds is 5. The Morgan fingerprint density at radius 2 is 2.00 bits per heavy atom. The Labute approximate surface area is 152 Å². The number of hydrogen-bond acceptors (Lipinski definition) is 4. The maximum Gasteiger partial charge on any atom is 0.262 e. The van der Waals surface area contributed by atoms with Gasteiger partial charge in [-0.3, -0.25) is 14.2 Å². The van der Waals surface area contributed by atoms with Crippen LogP contribution < -0.4 is 5.56 Å². The Balaban J connectivity index is 2.20. The van der Waals surface area contributed by atoms with E-state index in [4.69, 9.17) is 0 Å². The van der Waals surface area contributed by atoms with E-state index in [1.54, 1.807) is 11.5 Å². The molecule has 0 fully saturated rings. The van der Waals surface area contributed by atoms with Crippen LogP contribution in [0.15, 0.2) is 38.9 Å². The van der Waals surface area contributed by atoms with Crippen molar-refractivity contribution in [3.8, 4) is 11.1 Å². The summed E-state index contributed by atoms with van der Waals surface area (Å²) in [6, 6.07) is 7.89. The van der Waals surface area contributed by atoms with Gasteiger partial charge in [-0.1, -0.05) is 35.0 Å². The van der Waals surface area contributed by atoms with Crippen molar-refractivity contribution in [1.29, 1.82) is 0 Å². The van der Waals surface area contributed by atoms with Crippen molar-refractivity contribution < 1.29 is 4.79 Å². The second kappa shape index (κ2) is 6.99. The number of fused-ring (bicyclic) bond motifs is 1. The Kier molecular flexibility index (Phi) is 4.96. The van der Waals surface area contributed by atoms with Gasteiger partial charge in [0.15, 0.2) is 0 Å². The van der Waals surface area contributed by atoms with Crippen molar-refractivity contribution in [3.05, 3.63) is 50.3 Å². The lowest BCUT2D eigenvalue weighted by atomic mass is 10.1. The van der Waals surface area contributed by atoms with E-state index in [-0.39, 0.29) is 11.3 Å². The number of hydrogen-bond donors (Lipinski definition) is 0. The molecule has 4 nitrogen and oxygen atoms in total. The van der Waals surface area contributed by atoms with Gasteiger partial charge in [0.2, 0.25) is 0 Å². The Hall–Kier alpha value is -1.79. The van der Waals surface area contributed by atoms with Gasteiger partial charge in [-0.25, -0.2) is 4.98 Å². The summed E-state index contributed by atoms with van der Waals surface area (Å²) in [6.45, 7) is 3.90. The summed E-state index contributed by atoms with van der Waals surface area (Å²) in [5.41, 5.74) is 1.84. The summed E-state index contributed by atoms with van der Waals surface area (Å²) in [5.74, 6) is 0.806. The number of carbonyl (C=O) groups is 1. The second-order valence-corrected chi connectivity index (χ2v) is 7.40. The SMILES string of the molecule is CCc1nc2scc(-c3ccc(Br)cc3)c2c(=O)n1CCC(C)=O. The molecule has 0 aliphatic heterocycles. The van der Waals surface area contributed by atoms with Crippen molar-refractivity contribution in [3.63, 3.8) is 0 Å². The fourth-order valence-electron chi connectivity index (χ4n) is 2.68. The predicted molar refractivity (Wildman–Crippen MR) is 102 cm³/mol. The maximum absolute atomic E-state index is 13.1. The van der Waals surface area contributed by atoms with E-state index in [0.717, 1.165) is 26.3 Å². The zero-order valence-electron chi connectivity index (χ0n) is 13.5. The Morgan fingerprint density at radius 1 is 1.29 bits per heavy atom. The topological polar surface area (TPSA) is 52.0 Å². The molecule has 0 bridgehead atoms. The lowest BCUT2D eigenvalue weighted by Gasteiger charge is -2.11. The average molecular weight is 405 g/mol. The zero-order chi connectivity index (χ0) is 17.3. The first-order chi connectivity index (χ1) is 11.5.